The zero-order valence-corrected chi connectivity index (χ0v) is 19.3. The first-order valence-corrected chi connectivity index (χ1v) is 11.8. The zero-order chi connectivity index (χ0) is 24.0. The number of rotatable bonds is 5. The van der Waals surface area contributed by atoms with E-state index in [0.29, 0.717) is 17.0 Å². The second-order valence-corrected chi connectivity index (χ2v) is 10.4. The molecule has 1 aliphatic rings. The smallest absolute Gasteiger partial charge is 0.264 e. The normalized spacial score (nSPS) is 19.3. The lowest BCUT2D eigenvalue weighted by Gasteiger charge is -2.42. The van der Waals surface area contributed by atoms with Crippen molar-refractivity contribution in [3.63, 3.8) is 0 Å². The monoisotopic (exact) mass is 467 g/mol. The van der Waals surface area contributed by atoms with Gasteiger partial charge in [0.25, 0.3) is 15.9 Å². The number of amides is 1. The number of aliphatic hydroxyl groups is 1. The number of anilines is 1. The summed E-state index contributed by atoms with van der Waals surface area (Å²) in [7, 11) is -2.45. The predicted molar refractivity (Wildman–Crippen MR) is 124 cm³/mol. The summed E-state index contributed by atoms with van der Waals surface area (Å²) in [5.41, 5.74) is 5.87. The molecule has 4 rings (SSSR count). The van der Waals surface area contributed by atoms with Crippen LogP contribution in [0.5, 0.6) is 5.75 Å². The SMILES string of the molecule is CN(c1ccccc1)S(=O)(=O)c1ccc2c(c1)[C@H](c1ncccc1C(N)=O)[C@@H](O)C(C)(C)O2. The highest BCUT2D eigenvalue weighted by molar-refractivity contribution is 7.92. The van der Waals surface area contributed by atoms with Crippen molar-refractivity contribution >= 4 is 21.6 Å². The minimum atomic E-state index is -3.92. The first kappa shape index (κ1) is 22.8. The van der Waals surface area contributed by atoms with Crippen molar-refractivity contribution in [2.24, 2.45) is 5.73 Å². The van der Waals surface area contributed by atoms with Crippen molar-refractivity contribution < 1.29 is 23.1 Å². The highest BCUT2D eigenvalue weighted by atomic mass is 32.2. The fraction of sp³-hybridized carbons (Fsp3) is 0.250. The molecule has 8 nitrogen and oxygen atoms in total. The Labute approximate surface area is 192 Å². The molecule has 0 radical (unpaired) electrons. The van der Waals surface area contributed by atoms with E-state index >= 15 is 0 Å². The van der Waals surface area contributed by atoms with Gasteiger partial charge in [0, 0.05) is 18.8 Å². The summed E-state index contributed by atoms with van der Waals surface area (Å²) in [5, 5.41) is 11.2. The second-order valence-electron chi connectivity index (χ2n) is 8.44. The number of hydrogen-bond donors (Lipinski definition) is 2. The highest BCUT2D eigenvalue weighted by Crippen LogP contribution is 2.45. The highest BCUT2D eigenvalue weighted by Gasteiger charge is 2.45. The molecule has 0 unspecified atom stereocenters. The van der Waals surface area contributed by atoms with Crippen molar-refractivity contribution in [3.05, 3.63) is 83.7 Å². The quantitative estimate of drug-likeness (QED) is 0.595. The number of sulfonamides is 1. The fourth-order valence-electron chi connectivity index (χ4n) is 4.04. The molecule has 2 aromatic carbocycles. The van der Waals surface area contributed by atoms with Crippen molar-refractivity contribution in [2.45, 2.75) is 36.4 Å². The maximum atomic E-state index is 13.4. The first-order valence-electron chi connectivity index (χ1n) is 10.3. The Bertz CT molecular complexity index is 1310. The van der Waals surface area contributed by atoms with Gasteiger partial charge in [-0.3, -0.25) is 14.1 Å². The summed E-state index contributed by atoms with van der Waals surface area (Å²) < 4.78 is 33.9. The molecule has 0 aliphatic carbocycles. The average Bonchev–Trinajstić information content (AvgIpc) is 2.79. The molecule has 9 heteroatoms. The lowest BCUT2D eigenvalue weighted by molar-refractivity contribution is -0.0519. The van der Waals surface area contributed by atoms with Gasteiger partial charge >= 0.3 is 0 Å². The number of pyridine rings is 1. The van der Waals surface area contributed by atoms with E-state index < -0.39 is 33.6 Å². The van der Waals surface area contributed by atoms with E-state index in [-0.39, 0.29) is 16.2 Å². The standard InChI is InChI=1S/C24H25N3O5S/c1-24(2)22(28)20(21-17(23(25)29)10-7-13-26-21)18-14-16(11-12-19(18)32-24)33(30,31)27(3)15-8-5-4-6-9-15/h4-14,20,22,28H,1-3H3,(H2,25,29)/t20-,22-/m1/s1. The Morgan fingerprint density at radius 2 is 1.82 bits per heavy atom. The second kappa shape index (κ2) is 8.17. The van der Waals surface area contributed by atoms with Crippen molar-refractivity contribution in [1.82, 2.24) is 4.98 Å². The van der Waals surface area contributed by atoms with Crippen LogP contribution in [0.1, 0.15) is 41.4 Å². The Balaban J connectivity index is 1.89. The van der Waals surface area contributed by atoms with Crippen LogP contribution >= 0.6 is 0 Å². The molecule has 0 fully saturated rings. The Hall–Kier alpha value is -3.43. The van der Waals surface area contributed by atoms with E-state index in [4.69, 9.17) is 10.5 Å². The summed E-state index contributed by atoms with van der Waals surface area (Å²) in [6, 6.07) is 16.3. The van der Waals surface area contributed by atoms with Crippen LogP contribution in [0.4, 0.5) is 5.69 Å². The predicted octanol–water partition coefficient (Wildman–Crippen LogP) is 2.67. The Morgan fingerprint density at radius 3 is 2.48 bits per heavy atom. The van der Waals surface area contributed by atoms with Gasteiger partial charge < -0.3 is 15.6 Å². The van der Waals surface area contributed by atoms with E-state index in [9.17, 15) is 18.3 Å². The topological polar surface area (TPSA) is 123 Å². The lowest BCUT2D eigenvalue weighted by atomic mass is 9.78. The largest absolute Gasteiger partial charge is 0.485 e. The third-order valence-electron chi connectivity index (χ3n) is 5.89. The van der Waals surface area contributed by atoms with Crippen LogP contribution in [-0.4, -0.2) is 43.2 Å². The summed E-state index contributed by atoms with van der Waals surface area (Å²) in [6.45, 7) is 3.43. The van der Waals surface area contributed by atoms with Gasteiger partial charge in [-0.25, -0.2) is 8.42 Å². The number of fused-ring (bicyclic) bond motifs is 1. The van der Waals surface area contributed by atoms with Crippen LogP contribution in [-0.2, 0) is 10.0 Å². The van der Waals surface area contributed by atoms with Gasteiger partial charge in [-0.05, 0) is 56.3 Å². The molecule has 1 aromatic heterocycles. The van der Waals surface area contributed by atoms with E-state index in [0.717, 1.165) is 0 Å². The third kappa shape index (κ3) is 3.94. The van der Waals surface area contributed by atoms with Gasteiger partial charge in [0.05, 0.1) is 27.8 Å². The first-order chi connectivity index (χ1) is 15.5. The molecule has 2 heterocycles. The van der Waals surface area contributed by atoms with Gasteiger partial charge in [-0.15, -0.1) is 0 Å². The van der Waals surface area contributed by atoms with Crippen LogP contribution in [0.15, 0.2) is 71.8 Å². The van der Waals surface area contributed by atoms with E-state index in [1.807, 2.05) is 0 Å². The van der Waals surface area contributed by atoms with Crippen molar-refractivity contribution in [3.8, 4) is 5.75 Å². The Kier molecular flexibility index (Phi) is 5.63. The van der Waals surface area contributed by atoms with Crippen LogP contribution < -0.4 is 14.8 Å². The lowest BCUT2D eigenvalue weighted by Crippen LogP contribution is -2.49. The third-order valence-corrected chi connectivity index (χ3v) is 7.68. The molecular weight excluding hydrogens is 442 g/mol. The van der Waals surface area contributed by atoms with E-state index in [1.165, 1.54) is 35.7 Å². The maximum Gasteiger partial charge on any atom is 0.264 e. The van der Waals surface area contributed by atoms with E-state index in [1.54, 1.807) is 56.3 Å². The van der Waals surface area contributed by atoms with Gasteiger partial charge in [-0.2, -0.15) is 0 Å². The van der Waals surface area contributed by atoms with Gasteiger partial charge in [0.15, 0.2) is 0 Å². The number of nitrogens with zero attached hydrogens (tertiary/aromatic N) is 2. The van der Waals surface area contributed by atoms with Gasteiger partial charge in [0.2, 0.25) is 0 Å². The van der Waals surface area contributed by atoms with Gasteiger partial charge in [-0.1, -0.05) is 18.2 Å². The summed E-state index contributed by atoms with van der Waals surface area (Å²) in [5.74, 6) is -1.12. The number of hydrogen-bond acceptors (Lipinski definition) is 6. The molecule has 1 amide bonds. The summed E-state index contributed by atoms with van der Waals surface area (Å²) in [6.07, 6.45) is 0.378. The molecule has 0 saturated carbocycles. The number of nitrogens with two attached hydrogens (primary N) is 1. The number of benzene rings is 2. The van der Waals surface area contributed by atoms with E-state index in [2.05, 4.69) is 4.98 Å². The number of ether oxygens (including phenoxy) is 1. The molecule has 1 aliphatic heterocycles. The average molecular weight is 468 g/mol. The molecule has 2 atom stereocenters. The fourth-order valence-corrected chi connectivity index (χ4v) is 5.27. The zero-order valence-electron chi connectivity index (χ0n) is 18.5. The molecule has 0 bridgehead atoms. The molecule has 0 saturated heterocycles. The molecular formula is C24H25N3O5S. The molecule has 172 valence electrons. The molecule has 33 heavy (non-hydrogen) atoms. The molecule has 0 spiro atoms. The maximum absolute atomic E-state index is 13.4. The van der Waals surface area contributed by atoms with Crippen LogP contribution in [0.2, 0.25) is 0 Å². The Morgan fingerprint density at radius 1 is 1.12 bits per heavy atom. The number of aromatic nitrogens is 1. The van der Waals surface area contributed by atoms with Crippen LogP contribution in [0.3, 0.4) is 0 Å². The molecule has 3 aromatic rings. The van der Waals surface area contributed by atoms with Gasteiger partial charge in [0.1, 0.15) is 17.5 Å². The number of carbonyl (C=O) groups excluding carboxylic acids is 1. The molecule has 3 N–H and O–H groups in total. The number of carbonyl (C=O) groups is 1. The van der Waals surface area contributed by atoms with Crippen LogP contribution in [0.25, 0.3) is 0 Å². The number of primary amides is 1. The van der Waals surface area contributed by atoms with Crippen molar-refractivity contribution in [2.75, 3.05) is 11.4 Å². The summed E-state index contributed by atoms with van der Waals surface area (Å²) in [4.78, 5) is 16.4. The summed E-state index contributed by atoms with van der Waals surface area (Å²) >= 11 is 0. The van der Waals surface area contributed by atoms with Crippen LogP contribution in [0, 0.1) is 0 Å². The minimum Gasteiger partial charge on any atom is -0.485 e. The minimum absolute atomic E-state index is 0.0182. The number of aliphatic hydroxyl groups excluding tert-OH is 1. The number of para-hydroxylation sites is 1. The van der Waals surface area contributed by atoms with Crippen molar-refractivity contribution in [1.29, 1.82) is 0 Å².